The third-order valence-electron chi connectivity index (χ3n) is 3.72. The van der Waals surface area contributed by atoms with Crippen molar-refractivity contribution in [3.8, 4) is 5.75 Å². The van der Waals surface area contributed by atoms with E-state index in [1.165, 1.54) is 0 Å². The highest BCUT2D eigenvalue weighted by Crippen LogP contribution is 2.31. The summed E-state index contributed by atoms with van der Waals surface area (Å²) in [6.45, 7) is 2.05. The summed E-state index contributed by atoms with van der Waals surface area (Å²) < 4.78 is 5.98. The molecule has 96 valence electrons. The van der Waals surface area contributed by atoms with Crippen molar-refractivity contribution < 1.29 is 9.53 Å². The standard InChI is InChI=1S/C14H18N2O2/c1-16-13-3-2-12(8-10(13)9-14(16)17)18-11-4-6-15-7-5-11/h2-3,8,11,15H,4-7,9H2,1H3. The van der Waals surface area contributed by atoms with Crippen molar-refractivity contribution >= 4 is 11.6 Å². The van der Waals surface area contributed by atoms with Gasteiger partial charge in [0.1, 0.15) is 11.9 Å². The fraction of sp³-hybridized carbons (Fsp3) is 0.500. The molecule has 1 N–H and O–H groups in total. The normalized spacial score (nSPS) is 20.1. The Morgan fingerprint density at radius 3 is 2.89 bits per heavy atom. The highest BCUT2D eigenvalue weighted by molar-refractivity contribution is 6.01. The first kappa shape index (κ1) is 11.5. The van der Waals surface area contributed by atoms with E-state index in [4.69, 9.17) is 4.74 Å². The summed E-state index contributed by atoms with van der Waals surface area (Å²) in [4.78, 5) is 13.3. The molecule has 0 unspecified atom stereocenters. The molecule has 2 heterocycles. The molecule has 1 saturated heterocycles. The van der Waals surface area contributed by atoms with Crippen molar-refractivity contribution in [3.05, 3.63) is 23.8 Å². The fourth-order valence-corrected chi connectivity index (χ4v) is 2.63. The van der Waals surface area contributed by atoms with Crippen molar-refractivity contribution in [2.45, 2.75) is 25.4 Å². The molecule has 4 nitrogen and oxygen atoms in total. The molecule has 3 rings (SSSR count). The highest BCUT2D eigenvalue weighted by Gasteiger charge is 2.24. The third-order valence-corrected chi connectivity index (χ3v) is 3.72. The molecule has 1 fully saturated rings. The molecular formula is C14H18N2O2. The molecule has 1 aromatic rings. The van der Waals surface area contributed by atoms with Crippen LogP contribution in [0.15, 0.2) is 18.2 Å². The molecule has 0 atom stereocenters. The summed E-state index contributed by atoms with van der Waals surface area (Å²) >= 11 is 0. The van der Waals surface area contributed by atoms with Gasteiger partial charge in [0, 0.05) is 12.7 Å². The number of carbonyl (C=O) groups excluding carboxylic acids is 1. The molecule has 2 aliphatic heterocycles. The minimum atomic E-state index is 0.156. The number of rotatable bonds is 2. The zero-order valence-corrected chi connectivity index (χ0v) is 10.6. The SMILES string of the molecule is CN1C(=O)Cc2cc(OC3CCNCC3)ccc21. The van der Waals surface area contributed by atoms with Gasteiger partial charge < -0.3 is 15.0 Å². The zero-order valence-electron chi connectivity index (χ0n) is 10.6. The van der Waals surface area contributed by atoms with Crippen LogP contribution in [0.4, 0.5) is 5.69 Å². The van der Waals surface area contributed by atoms with Crippen LogP contribution < -0.4 is 15.0 Å². The Balaban J connectivity index is 1.75. The largest absolute Gasteiger partial charge is 0.490 e. The van der Waals surface area contributed by atoms with Gasteiger partial charge in [-0.15, -0.1) is 0 Å². The van der Waals surface area contributed by atoms with E-state index in [2.05, 4.69) is 5.32 Å². The van der Waals surface area contributed by atoms with Crippen molar-refractivity contribution in [3.63, 3.8) is 0 Å². The first-order valence-corrected chi connectivity index (χ1v) is 6.51. The predicted octanol–water partition coefficient (Wildman–Crippen LogP) is 1.34. The van der Waals surface area contributed by atoms with Gasteiger partial charge in [-0.25, -0.2) is 0 Å². The van der Waals surface area contributed by atoms with Crippen molar-refractivity contribution in [2.24, 2.45) is 0 Å². The number of likely N-dealkylation sites (N-methyl/N-ethyl adjacent to an activating group) is 1. The molecule has 0 saturated carbocycles. The number of hydrogen-bond acceptors (Lipinski definition) is 3. The minimum absolute atomic E-state index is 0.156. The van der Waals surface area contributed by atoms with Crippen molar-refractivity contribution in [1.29, 1.82) is 0 Å². The smallest absolute Gasteiger partial charge is 0.231 e. The number of anilines is 1. The highest BCUT2D eigenvalue weighted by atomic mass is 16.5. The molecule has 1 amide bonds. The summed E-state index contributed by atoms with van der Waals surface area (Å²) in [5.74, 6) is 1.05. The summed E-state index contributed by atoms with van der Waals surface area (Å²) in [7, 11) is 1.82. The number of hydrogen-bond donors (Lipinski definition) is 1. The van der Waals surface area contributed by atoms with E-state index in [1.54, 1.807) is 4.90 Å². The maximum absolute atomic E-state index is 11.6. The minimum Gasteiger partial charge on any atom is -0.490 e. The average Bonchev–Trinajstić information content (AvgIpc) is 2.66. The Kier molecular flexibility index (Phi) is 2.96. The molecule has 1 aromatic carbocycles. The first-order valence-electron chi connectivity index (χ1n) is 6.51. The lowest BCUT2D eigenvalue weighted by Crippen LogP contribution is -2.34. The van der Waals surface area contributed by atoms with Crippen LogP contribution in [0.3, 0.4) is 0 Å². The maximum atomic E-state index is 11.6. The Hall–Kier alpha value is -1.55. The topological polar surface area (TPSA) is 41.6 Å². The van der Waals surface area contributed by atoms with Gasteiger partial charge in [0.05, 0.1) is 6.42 Å². The van der Waals surface area contributed by atoms with E-state index >= 15 is 0 Å². The molecule has 2 aliphatic rings. The number of nitrogens with one attached hydrogen (secondary N) is 1. The second-order valence-corrected chi connectivity index (χ2v) is 4.99. The van der Waals surface area contributed by atoms with Gasteiger partial charge in [0.15, 0.2) is 0 Å². The number of piperidine rings is 1. The van der Waals surface area contributed by atoms with E-state index in [1.807, 2.05) is 25.2 Å². The quantitative estimate of drug-likeness (QED) is 0.856. The summed E-state index contributed by atoms with van der Waals surface area (Å²) in [6.07, 6.45) is 2.90. The van der Waals surface area contributed by atoms with E-state index in [9.17, 15) is 4.79 Å². The van der Waals surface area contributed by atoms with Gasteiger partial charge in [-0.05, 0) is 49.7 Å². The second kappa shape index (κ2) is 4.61. The van der Waals surface area contributed by atoms with E-state index in [0.717, 1.165) is 42.9 Å². The third kappa shape index (κ3) is 2.08. The molecule has 0 aliphatic carbocycles. The summed E-state index contributed by atoms with van der Waals surface area (Å²) in [5, 5.41) is 3.32. The van der Waals surface area contributed by atoms with Gasteiger partial charge in [0.2, 0.25) is 5.91 Å². The molecule has 0 aromatic heterocycles. The summed E-state index contributed by atoms with van der Waals surface area (Å²) in [6, 6.07) is 5.96. The molecular weight excluding hydrogens is 228 g/mol. The van der Waals surface area contributed by atoms with Crippen LogP contribution in [-0.4, -0.2) is 32.1 Å². The molecule has 4 heteroatoms. The fourth-order valence-electron chi connectivity index (χ4n) is 2.63. The molecule has 0 spiro atoms. The Labute approximate surface area is 107 Å². The van der Waals surface area contributed by atoms with Gasteiger partial charge in [-0.3, -0.25) is 4.79 Å². The number of amides is 1. The summed E-state index contributed by atoms with van der Waals surface area (Å²) in [5.41, 5.74) is 2.09. The lowest BCUT2D eigenvalue weighted by Gasteiger charge is -2.24. The molecule has 0 bridgehead atoms. The Morgan fingerprint density at radius 1 is 1.33 bits per heavy atom. The van der Waals surface area contributed by atoms with E-state index in [0.29, 0.717) is 12.5 Å². The predicted molar refractivity (Wildman–Crippen MR) is 70.1 cm³/mol. The number of nitrogens with zero attached hydrogens (tertiary/aromatic N) is 1. The van der Waals surface area contributed by atoms with Crippen LogP contribution in [0.1, 0.15) is 18.4 Å². The monoisotopic (exact) mass is 246 g/mol. The first-order chi connectivity index (χ1) is 8.74. The second-order valence-electron chi connectivity index (χ2n) is 4.99. The van der Waals surface area contributed by atoms with Gasteiger partial charge in [0.25, 0.3) is 0 Å². The van der Waals surface area contributed by atoms with Crippen molar-refractivity contribution in [1.82, 2.24) is 5.32 Å². The number of benzene rings is 1. The van der Waals surface area contributed by atoms with Gasteiger partial charge in [-0.1, -0.05) is 0 Å². The van der Waals surface area contributed by atoms with Gasteiger partial charge >= 0.3 is 0 Å². The lowest BCUT2D eigenvalue weighted by molar-refractivity contribution is -0.117. The van der Waals surface area contributed by atoms with Crippen LogP contribution in [0.2, 0.25) is 0 Å². The van der Waals surface area contributed by atoms with Crippen LogP contribution in [0.5, 0.6) is 5.75 Å². The number of fused-ring (bicyclic) bond motifs is 1. The molecule has 18 heavy (non-hydrogen) atoms. The number of ether oxygens (including phenoxy) is 1. The van der Waals surface area contributed by atoms with Crippen molar-refractivity contribution in [2.75, 3.05) is 25.0 Å². The maximum Gasteiger partial charge on any atom is 0.231 e. The van der Waals surface area contributed by atoms with E-state index in [-0.39, 0.29) is 5.91 Å². The Morgan fingerprint density at radius 2 is 2.11 bits per heavy atom. The number of carbonyl (C=O) groups is 1. The molecule has 0 radical (unpaired) electrons. The van der Waals surface area contributed by atoms with E-state index < -0.39 is 0 Å². The average molecular weight is 246 g/mol. The van der Waals surface area contributed by atoms with Gasteiger partial charge in [-0.2, -0.15) is 0 Å². The Bertz CT molecular complexity index is 467. The van der Waals surface area contributed by atoms with Crippen LogP contribution in [0, 0.1) is 0 Å². The lowest BCUT2D eigenvalue weighted by atomic mass is 10.1. The van der Waals surface area contributed by atoms with Crippen LogP contribution in [0.25, 0.3) is 0 Å². The zero-order chi connectivity index (χ0) is 12.5. The van der Waals surface area contributed by atoms with Crippen LogP contribution >= 0.6 is 0 Å². The van der Waals surface area contributed by atoms with Crippen LogP contribution in [-0.2, 0) is 11.2 Å².